The van der Waals surface area contributed by atoms with E-state index in [9.17, 15) is 14.7 Å². The first-order valence-corrected chi connectivity index (χ1v) is 11.1. The van der Waals surface area contributed by atoms with Crippen molar-refractivity contribution < 1.29 is 24.3 Å². The zero-order valence-electron chi connectivity index (χ0n) is 18.4. The molecule has 5 heteroatoms. The molecular weight excluding hydrogens is 342 g/mol. The van der Waals surface area contributed by atoms with Crippen LogP contribution in [0.5, 0.6) is 0 Å². The molecule has 0 aliphatic rings. The van der Waals surface area contributed by atoms with Crippen LogP contribution in [0.3, 0.4) is 0 Å². The number of carbonyl (C=O) groups is 2. The van der Waals surface area contributed by atoms with E-state index in [2.05, 4.69) is 27.7 Å². The Kier molecular flexibility index (Phi) is 20.5. The molecule has 0 heterocycles. The predicted molar refractivity (Wildman–Crippen MR) is 110 cm³/mol. The SMILES string of the molecule is CCCC[N+](CCCC)(CCCC)CCCC.O=C([O-])CCCCC(=O)O. The number of carboxylic acids is 2. The molecule has 0 saturated heterocycles. The van der Waals surface area contributed by atoms with E-state index >= 15 is 0 Å². The fraction of sp³-hybridized carbons (Fsp3) is 0.909. The minimum atomic E-state index is -1.12. The number of quaternary nitrogens is 1. The fourth-order valence-corrected chi connectivity index (χ4v) is 3.19. The van der Waals surface area contributed by atoms with E-state index in [0.29, 0.717) is 12.8 Å². The zero-order valence-corrected chi connectivity index (χ0v) is 18.4. The number of hydrogen-bond donors (Lipinski definition) is 1. The van der Waals surface area contributed by atoms with Crippen molar-refractivity contribution in [2.45, 2.75) is 105 Å². The minimum Gasteiger partial charge on any atom is -0.550 e. The summed E-state index contributed by atoms with van der Waals surface area (Å²) in [7, 11) is 0. The molecule has 0 aromatic carbocycles. The normalized spacial score (nSPS) is 11.0. The molecule has 162 valence electrons. The van der Waals surface area contributed by atoms with Gasteiger partial charge in [0.15, 0.2) is 0 Å². The highest BCUT2D eigenvalue weighted by molar-refractivity contribution is 5.67. The molecule has 0 fully saturated rings. The second kappa shape index (κ2) is 19.7. The van der Waals surface area contributed by atoms with Gasteiger partial charge in [-0.05, 0) is 44.9 Å². The van der Waals surface area contributed by atoms with Crippen LogP contribution < -0.4 is 5.11 Å². The lowest BCUT2D eigenvalue weighted by Crippen LogP contribution is -2.50. The van der Waals surface area contributed by atoms with Crippen LogP contribution in [-0.2, 0) is 9.59 Å². The van der Waals surface area contributed by atoms with Gasteiger partial charge in [-0.2, -0.15) is 0 Å². The van der Waals surface area contributed by atoms with Crippen LogP contribution in [-0.4, -0.2) is 47.7 Å². The summed E-state index contributed by atoms with van der Waals surface area (Å²) in [4.78, 5) is 19.7. The topological polar surface area (TPSA) is 77.4 Å². The lowest BCUT2D eigenvalue weighted by molar-refractivity contribution is -0.929. The Balaban J connectivity index is 0. The molecule has 0 spiro atoms. The Morgan fingerprint density at radius 2 is 1.00 bits per heavy atom. The molecule has 0 amide bonds. The number of nitrogens with zero attached hydrogens (tertiary/aromatic N) is 1. The quantitative estimate of drug-likeness (QED) is 0.297. The molecule has 27 heavy (non-hydrogen) atoms. The first-order valence-electron chi connectivity index (χ1n) is 11.1. The number of carboxylic acid groups (broad SMARTS) is 2. The summed E-state index contributed by atoms with van der Waals surface area (Å²) in [5.74, 6) is -2.01. The van der Waals surface area contributed by atoms with E-state index in [0.717, 1.165) is 0 Å². The van der Waals surface area contributed by atoms with Crippen molar-refractivity contribution in [1.29, 1.82) is 0 Å². The lowest BCUT2D eigenvalue weighted by atomic mass is 10.1. The van der Waals surface area contributed by atoms with Gasteiger partial charge in [-0.15, -0.1) is 0 Å². The van der Waals surface area contributed by atoms with Gasteiger partial charge in [-0.1, -0.05) is 53.4 Å². The van der Waals surface area contributed by atoms with Crippen molar-refractivity contribution >= 4 is 11.9 Å². The molecule has 1 N–H and O–H groups in total. The van der Waals surface area contributed by atoms with E-state index in [1.807, 2.05) is 0 Å². The molecule has 0 atom stereocenters. The monoisotopic (exact) mass is 387 g/mol. The maximum absolute atomic E-state index is 9.88. The van der Waals surface area contributed by atoms with E-state index in [-0.39, 0.29) is 12.8 Å². The van der Waals surface area contributed by atoms with Gasteiger partial charge in [-0.3, -0.25) is 4.79 Å². The third-order valence-corrected chi connectivity index (χ3v) is 4.97. The molecule has 0 saturated carbocycles. The molecule has 0 rings (SSSR count). The van der Waals surface area contributed by atoms with Crippen molar-refractivity contribution in [3.8, 4) is 0 Å². The van der Waals surface area contributed by atoms with Crippen LogP contribution in [0.4, 0.5) is 0 Å². The average molecular weight is 388 g/mol. The molecule has 0 aromatic rings. The Bertz CT molecular complexity index is 305. The fourth-order valence-electron chi connectivity index (χ4n) is 3.19. The van der Waals surface area contributed by atoms with Crippen LogP contribution in [0.1, 0.15) is 105 Å². The number of hydrogen-bond acceptors (Lipinski definition) is 3. The van der Waals surface area contributed by atoms with Gasteiger partial charge >= 0.3 is 5.97 Å². The summed E-state index contributed by atoms with van der Waals surface area (Å²) in [6.45, 7) is 15.0. The Labute approximate surface area is 167 Å². The van der Waals surface area contributed by atoms with Gasteiger partial charge in [0, 0.05) is 12.4 Å². The van der Waals surface area contributed by atoms with Gasteiger partial charge in [0.05, 0.1) is 26.2 Å². The zero-order chi connectivity index (χ0) is 21.0. The highest BCUT2D eigenvalue weighted by Gasteiger charge is 2.24. The van der Waals surface area contributed by atoms with Gasteiger partial charge in [0.25, 0.3) is 0 Å². The van der Waals surface area contributed by atoms with Crippen LogP contribution in [0.25, 0.3) is 0 Å². The Morgan fingerprint density at radius 3 is 1.26 bits per heavy atom. The Morgan fingerprint density at radius 1 is 0.667 bits per heavy atom. The van der Waals surface area contributed by atoms with Crippen LogP contribution in [0.15, 0.2) is 0 Å². The smallest absolute Gasteiger partial charge is 0.303 e. The summed E-state index contributed by atoms with van der Waals surface area (Å²) >= 11 is 0. The van der Waals surface area contributed by atoms with Crippen molar-refractivity contribution in [2.75, 3.05) is 26.2 Å². The number of unbranched alkanes of at least 4 members (excludes halogenated alkanes) is 5. The van der Waals surface area contributed by atoms with Gasteiger partial charge in [-0.25, -0.2) is 0 Å². The lowest BCUT2D eigenvalue weighted by Gasteiger charge is -2.39. The van der Waals surface area contributed by atoms with E-state index < -0.39 is 11.9 Å². The second-order valence-electron chi connectivity index (χ2n) is 7.62. The molecular formula is C22H45NO4. The van der Waals surface area contributed by atoms with Crippen molar-refractivity contribution in [1.82, 2.24) is 0 Å². The number of carbonyl (C=O) groups excluding carboxylic acids is 1. The summed E-state index contributed by atoms with van der Waals surface area (Å²) in [5.41, 5.74) is 0. The van der Waals surface area contributed by atoms with Crippen LogP contribution in [0.2, 0.25) is 0 Å². The standard InChI is InChI=1S/C16H36N.C6H10O4/c1-5-9-13-17(14-10-6-2,15-11-7-3)16-12-8-4;7-5(8)3-1-2-4-6(9)10/h5-16H2,1-4H3;1-4H2,(H,7,8)(H,9,10)/q+1;/p-1. The van der Waals surface area contributed by atoms with Gasteiger partial charge < -0.3 is 19.5 Å². The van der Waals surface area contributed by atoms with Crippen molar-refractivity contribution in [3.63, 3.8) is 0 Å². The van der Waals surface area contributed by atoms with E-state index in [1.54, 1.807) is 0 Å². The molecule has 5 nitrogen and oxygen atoms in total. The molecule has 0 aromatic heterocycles. The number of aliphatic carboxylic acids is 2. The molecule has 0 aliphatic carbocycles. The van der Waals surface area contributed by atoms with E-state index in [1.165, 1.54) is 82.0 Å². The summed E-state index contributed by atoms with van der Waals surface area (Å²) in [5, 5.41) is 17.9. The largest absolute Gasteiger partial charge is 0.550 e. The molecule has 0 radical (unpaired) electrons. The van der Waals surface area contributed by atoms with Gasteiger partial charge in [0.2, 0.25) is 0 Å². The maximum atomic E-state index is 9.88. The highest BCUT2D eigenvalue weighted by atomic mass is 16.4. The summed E-state index contributed by atoms with van der Waals surface area (Å²) in [6.07, 6.45) is 11.8. The Hall–Kier alpha value is -1.10. The molecule has 0 bridgehead atoms. The average Bonchev–Trinajstić information content (AvgIpc) is 2.64. The summed E-state index contributed by atoms with van der Waals surface area (Å²) < 4.78 is 1.42. The third-order valence-electron chi connectivity index (χ3n) is 4.97. The number of rotatable bonds is 17. The molecule has 0 aliphatic heterocycles. The van der Waals surface area contributed by atoms with Crippen LogP contribution >= 0.6 is 0 Å². The first-order chi connectivity index (χ1) is 12.9. The minimum absolute atomic E-state index is 0.0350. The highest BCUT2D eigenvalue weighted by Crippen LogP contribution is 2.16. The molecule has 0 unspecified atom stereocenters. The predicted octanol–water partition coefficient (Wildman–Crippen LogP) is 4.38. The maximum Gasteiger partial charge on any atom is 0.303 e. The summed E-state index contributed by atoms with van der Waals surface area (Å²) in [6, 6.07) is 0. The van der Waals surface area contributed by atoms with Gasteiger partial charge in [0.1, 0.15) is 0 Å². The van der Waals surface area contributed by atoms with Crippen molar-refractivity contribution in [3.05, 3.63) is 0 Å². The third kappa shape index (κ3) is 19.5. The van der Waals surface area contributed by atoms with Crippen LogP contribution in [0, 0.1) is 0 Å². The van der Waals surface area contributed by atoms with Crippen molar-refractivity contribution in [2.24, 2.45) is 0 Å². The first kappa shape index (κ1) is 28.1. The van der Waals surface area contributed by atoms with E-state index in [4.69, 9.17) is 5.11 Å². The second-order valence-corrected chi connectivity index (χ2v) is 7.62.